The summed E-state index contributed by atoms with van der Waals surface area (Å²) in [6.07, 6.45) is 0. The van der Waals surface area contributed by atoms with Gasteiger partial charge in [0, 0.05) is 16.8 Å². The Morgan fingerprint density at radius 3 is 2.03 bits per heavy atom. The van der Waals surface area contributed by atoms with E-state index in [0.717, 1.165) is 5.56 Å². The molecule has 160 valence electrons. The lowest BCUT2D eigenvalue weighted by atomic mass is 9.86. The highest BCUT2D eigenvalue weighted by Gasteiger charge is 2.25. The first-order chi connectivity index (χ1) is 13.9. The lowest BCUT2D eigenvalue weighted by Crippen LogP contribution is -2.47. The highest BCUT2D eigenvalue weighted by atomic mass is 16.2. The van der Waals surface area contributed by atoms with Crippen LogP contribution in [-0.4, -0.2) is 23.8 Å². The summed E-state index contributed by atoms with van der Waals surface area (Å²) < 4.78 is 0. The maximum absolute atomic E-state index is 12.8. The summed E-state index contributed by atoms with van der Waals surface area (Å²) in [7, 11) is 0. The zero-order chi connectivity index (χ0) is 22.6. The van der Waals surface area contributed by atoms with Crippen molar-refractivity contribution in [2.45, 2.75) is 53.0 Å². The smallest absolute Gasteiger partial charge is 0.251 e. The van der Waals surface area contributed by atoms with E-state index in [9.17, 15) is 14.4 Å². The second-order valence-electron chi connectivity index (χ2n) is 8.91. The third-order valence-corrected chi connectivity index (χ3v) is 5.01. The van der Waals surface area contributed by atoms with Gasteiger partial charge >= 0.3 is 0 Å². The lowest BCUT2D eigenvalue weighted by molar-refractivity contribution is -0.118. The number of aryl methyl sites for hydroxylation is 1. The Morgan fingerprint density at radius 2 is 1.57 bits per heavy atom. The molecule has 4 N–H and O–H groups in total. The number of carbonyl (C=O) groups is 3. The van der Waals surface area contributed by atoms with E-state index in [4.69, 9.17) is 5.73 Å². The van der Waals surface area contributed by atoms with Crippen LogP contribution in [0.25, 0.3) is 0 Å². The predicted octanol–water partition coefficient (Wildman–Crippen LogP) is 3.78. The summed E-state index contributed by atoms with van der Waals surface area (Å²) in [4.78, 5) is 36.9. The molecule has 0 saturated carbocycles. The third kappa shape index (κ3) is 5.69. The number of nitrogens with one attached hydrogen (secondary N) is 2. The molecule has 0 radical (unpaired) electrons. The van der Waals surface area contributed by atoms with Crippen molar-refractivity contribution in [2.24, 2.45) is 11.7 Å². The summed E-state index contributed by atoms with van der Waals surface area (Å²) in [5.41, 5.74) is 8.57. The fraction of sp³-hybridized carbons (Fsp3) is 0.375. The minimum absolute atomic E-state index is 0.00243. The fourth-order valence-corrected chi connectivity index (χ4v) is 3.12. The van der Waals surface area contributed by atoms with E-state index < -0.39 is 11.9 Å². The van der Waals surface area contributed by atoms with Gasteiger partial charge in [0.05, 0.1) is 0 Å². The Kier molecular flexibility index (Phi) is 7.03. The molecule has 0 fully saturated rings. The number of hydrogen-bond acceptors (Lipinski definition) is 3. The predicted molar refractivity (Wildman–Crippen MR) is 120 cm³/mol. The fourth-order valence-electron chi connectivity index (χ4n) is 3.12. The highest BCUT2D eigenvalue weighted by Crippen LogP contribution is 2.22. The van der Waals surface area contributed by atoms with Gasteiger partial charge in [-0.2, -0.15) is 0 Å². The normalized spacial score (nSPS) is 12.4. The van der Waals surface area contributed by atoms with E-state index in [2.05, 4.69) is 31.4 Å². The van der Waals surface area contributed by atoms with E-state index in [0.29, 0.717) is 22.4 Å². The number of amides is 3. The van der Waals surface area contributed by atoms with Crippen molar-refractivity contribution in [1.29, 1.82) is 0 Å². The van der Waals surface area contributed by atoms with Crippen LogP contribution in [0.2, 0.25) is 0 Å². The molecule has 1 atom stereocenters. The van der Waals surface area contributed by atoms with Gasteiger partial charge < -0.3 is 16.4 Å². The Bertz CT molecular complexity index is 941. The molecule has 0 aromatic heterocycles. The molecule has 0 aliphatic heterocycles. The largest absolute Gasteiger partial charge is 0.366 e. The van der Waals surface area contributed by atoms with Crippen molar-refractivity contribution < 1.29 is 14.4 Å². The van der Waals surface area contributed by atoms with Gasteiger partial charge in [-0.1, -0.05) is 46.8 Å². The molecule has 2 aromatic carbocycles. The summed E-state index contributed by atoms with van der Waals surface area (Å²) in [5.74, 6) is -1.26. The summed E-state index contributed by atoms with van der Waals surface area (Å²) >= 11 is 0. The minimum atomic E-state index is -0.712. The Balaban J connectivity index is 2.13. The highest BCUT2D eigenvalue weighted by molar-refractivity contribution is 6.02. The third-order valence-electron chi connectivity index (χ3n) is 5.01. The maximum atomic E-state index is 12.8. The summed E-state index contributed by atoms with van der Waals surface area (Å²) in [6, 6.07) is 11.6. The van der Waals surface area contributed by atoms with Crippen LogP contribution < -0.4 is 16.4 Å². The van der Waals surface area contributed by atoms with Crippen molar-refractivity contribution in [3.8, 4) is 0 Å². The molecular formula is C24H31N3O3. The van der Waals surface area contributed by atoms with Crippen LogP contribution in [0, 0.1) is 12.8 Å². The Morgan fingerprint density at radius 1 is 0.967 bits per heavy atom. The number of hydrogen-bond donors (Lipinski definition) is 3. The van der Waals surface area contributed by atoms with Crippen molar-refractivity contribution in [1.82, 2.24) is 5.32 Å². The van der Waals surface area contributed by atoms with Gasteiger partial charge in [-0.3, -0.25) is 14.4 Å². The van der Waals surface area contributed by atoms with Gasteiger partial charge in [0.2, 0.25) is 11.8 Å². The van der Waals surface area contributed by atoms with Gasteiger partial charge in [0.25, 0.3) is 5.91 Å². The topological polar surface area (TPSA) is 101 Å². The average molecular weight is 410 g/mol. The van der Waals surface area contributed by atoms with Crippen molar-refractivity contribution in [3.05, 3.63) is 64.7 Å². The van der Waals surface area contributed by atoms with Crippen LogP contribution in [-0.2, 0) is 10.2 Å². The number of anilines is 1. The van der Waals surface area contributed by atoms with Gasteiger partial charge in [-0.15, -0.1) is 0 Å². The number of rotatable bonds is 6. The molecular weight excluding hydrogens is 378 g/mol. The second-order valence-corrected chi connectivity index (χ2v) is 8.91. The first kappa shape index (κ1) is 23.1. The SMILES string of the molecule is Cc1cc(NC(=O)C(NC(=O)c2ccc(C(C)(C)C)cc2)C(C)C)ccc1C(N)=O. The first-order valence-electron chi connectivity index (χ1n) is 10.0. The van der Waals surface area contributed by atoms with Gasteiger partial charge in [-0.25, -0.2) is 0 Å². The summed E-state index contributed by atoms with van der Waals surface area (Å²) in [6.45, 7) is 11.8. The zero-order valence-corrected chi connectivity index (χ0v) is 18.5. The molecule has 1 unspecified atom stereocenters. The molecule has 0 bridgehead atoms. The Hall–Kier alpha value is -3.15. The monoisotopic (exact) mass is 409 g/mol. The second kappa shape index (κ2) is 9.11. The lowest BCUT2D eigenvalue weighted by Gasteiger charge is -2.23. The van der Waals surface area contributed by atoms with Crippen LogP contribution >= 0.6 is 0 Å². The van der Waals surface area contributed by atoms with E-state index in [1.165, 1.54) is 0 Å². The molecule has 30 heavy (non-hydrogen) atoms. The van der Waals surface area contributed by atoms with Gasteiger partial charge in [0.1, 0.15) is 6.04 Å². The van der Waals surface area contributed by atoms with E-state index >= 15 is 0 Å². The minimum Gasteiger partial charge on any atom is -0.366 e. The van der Waals surface area contributed by atoms with E-state index in [1.807, 2.05) is 26.0 Å². The zero-order valence-electron chi connectivity index (χ0n) is 18.5. The maximum Gasteiger partial charge on any atom is 0.251 e. The quantitative estimate of drug-likeness (QED) is 0.676. The van der Waals surface area contributed by atoms with Crippen LogP contribution in [0.1, 0.15) is 66.5 Å². The molecule has 0 spiro atoms. The summed E-state index contributed by atoms with van der Waals surface area (Å²) in [5, 5.41) is 5.64. The number of primary amides is 1. The van der Waals surface area contributed by atoms with Crippen molar-refractivity contribution in [2.75, 3.05) is 5.32 Å². The van der Waals surface area contributed by atoms with Crippen LogP contribution in [0.5, 0.6) is 0 Å². The number of nitrogens with two attached hydrogens (primary N) is 1. The van der Waals surface area contributed by atoms with Crippen LogP contribution in [0.3, 0.4) is 0 Å². The molecule has 0 heterocycles. The van der Waals surface area contributed by atoms with Crippen molar-refractivity contribution >= 4 is 23.4 Å². The number of carbonyl (C=O) groups excluding carboxylic acids is 3. The molecule has 6 heteroatoms. The van der Waals surface area contributed by atoms with Crippen LogP contribution in [0.4, 0.5) is 5.69 Å². The van der Waals surface area contributed by atoms with E-state index in [-0.39, 0.29) is 23.1 Å². The van der Waals surface area contributed by atoms with Gasteiger partial charge in [-0.05, 0) is 59.7 Å². The molecule has 6 nitrogen and oxygen atoms in total. The average Bonchev–Trinajstić information content (AvgIpc) is 2.64. The first-order valence-corrected chi connectivity index (χ1v) is 10.0. The molecule has 2 rings (SSSR count). The van der Waals surface area contributed by atoms with Crippen LogP contribution in [0.15, 0.2) is 42.5 Å². The molecule has 0 aliphatic carbocycles. The number of benzene rings is 2. The molecule has 0 saturated heterocycles. The standard InChI is InChI=1S/C24H31N3O3/c1-14(2)20(23(30)26-18-11-12-19(21(25)28)15(3)13-18)27-22(29)16-7-9-17(10-8-16)24(4,5)6/h7-14,20H,1-6H3,(H2,25,28)(H,26,30)(H,27,29). The van der Waals surface area contributed by atoms with E-state index in [1.54, 1.807) is 37.3 Å². The molecule has 2 aromatic rings. The van der Waals surface area contributed by atoms with Crippen molar-refractivity contribution in [3.63, 3.8) is 0 Å². The van der Waals surface area contributed by atoms with Gasteiger partial charge in [0.15, 0.2) is 0 Å². The molecule has 0 aliphatic rings. The molecule has 3 amide bonds. The Labute approximate surface area is 178 Å².